The zero-order chi connectivity index (χ0) is 4.83. The Hall–Kier alpha value is 0.177. The van der Waals surface area contributed by atoms with Crippen molar-refractivity contribution in [1.82, 2.24) is 0 Å². The first-order chi connectivity index (χ1) is 2.91. The summed E-state index contributed by atoms with van der Waals surface area (Å²) >= 11 is 0. The van der Waals surface area contributed by atoms with Crippen LogP contribution in [0.15, 0.2) is 0 Å². The van der Waals surface area contributed by atoms with Crippen LogP contribution in [0.4, 0.5) is 0 Å². The van der Waals surface area contributed by atoms with Crippen LogP contribution in [0.3, 0.4) is 0 Å². The van der Waals surface area contributed by atoms with Gasteiger partial charge in [0, 0.05) is 9.52 Å². The smallest absolute Gasteiger partial charge is 0.0167 e. The molecular weight excluding hydrogens is 90.1 g/mol. The summed E-state index contributed by atoms with van der Waals surface area (Å²) < 4.78 is 0. The Labute approximate surface area is 41.7 Å². The van der Waals surface area contributed by atoms with Crippen LogP contribution in [0.25, 0.3) is 0 Å². The molecule has 0 aromatic heterocycles. The maximum absolute atomic E-state index is 5.24. The van der Waals surface area contributed by atoms with Gasteiger partial charge in [-0.25, -0.2) is 0 Å². The molecule has 2 heteroatoms. The zero-order valence-corrected chi connectivity index (χ0v) is 5.82. The van der Waals surface area contributed by atoms with Crippen molar-refractivity contribution in [1.29, 1.82) is 0 Å². The van der Waals surface area contributed by atoms with E-state index in [0.29, 0.717) is 9.52 Å². The molecule has 0 aliphatic rings. The minimum atomic E-state index is 0.323. The van der Waals surface area contributed by atoms with E-state index in [0.717, 1.165) is 6.54 Å². The molecule has 0 unspecified atom stereocenters. The van der Waals surface area contributed by atoms with E-state index in [1.165, 1.54) is 12.5 Å². The molecule has 0 saturated carbocycles. The van der Waals surface area contributed by atoms with Crippen LogP contribution in [0, 0.1) is 0 Å². The van der Waals surface area contributed by atoms with Crippen molar-refractivity contribution < 1.29 is 0 Å². The Morgan fingerprint density at radius 2 is 2.33 bits per heavy atom. The van der Waals surface area contributed by atoms with Crippen LogP contribution >= 0.6 is 0 Å². The normalized spacial score (nSPS) is 11.0. The van der Waals surface area contributed by atoms with E-state index in [9.17, 15) is 0 Å². The maximum Gasteiger partial charge on any atom is 0.0167 e. The van der Waals surface area contributed by atoms with Crippen molar-refractivity contribution >= 4 is 9.52 Å². The van der Waals surface area contributed by atoms with Crippen molar-refractivity contribution in [3.05, 3.63) is 0 Å². The molecule has 0 heterocycles. The molecular formula is C4H13NSi. The first kappa shape index (κ1) is 6.18. The number of hydrogen-bond donors (Lipinski definition) is 1. The van der Waals surface area contributed by atoms with Gasteiger partial charge < -0.3 is 5.73 Å². The van der Waals surface area contributed by atoms with Crippen molar-refractivity contribution in [2.24, 2.45) is 5.73 Å². The Morgan fingerprint density at radius 3 is 2.50 bits per heavy atom. The fraction of sp³-hybridized carbons (Fsp3) is 1.00. The number of rotatable bonds is 3. The van der Waals surface area contributed by atoms with Crippen molar-refractivity contribution in [2.45, 2.75) is 19.0 Å². The number of nitrogens with two attached hydrogens (primary N) is 1. The first-order valence-corrected chi connectivity index (χ1v) is 5.03. The van der Waals surface area contributed by atoms with Gasteiger partial charge in [0.15, 0.2) is 0 Å². The highest BCUT2D eigenvalue weighted by atomic mass is 28.2. The molecule has 0 aliphatic heterocycles. The maximum atomic E-state index is 5.24. The highest BCUT2D eigenvalue weighted by Gasteiger charge is 1.76. The van der Waals surface area contributed by atoms with Gasteiger partial charge in [-0.3, -0.25) is 0 Å². The van der Waals surface area contributed by atoms with Crippen LogP contribution in [0.5, 0.6) is 0 Å². The SMILES string of the molecule is C[SiH2]CCCN. The molecule has 6 heavy (non-hydrogen) atoms. The van der Waals surface area contributed by atoms with Gasteiger partial charge in [-0.05, 0) is 13.0 Å². The lowest BCUT2D eigenvalue weighted by Crippen LogP contribution is -1.98. The summed E-state index contributed by atoms with van der Waals surface area (Å²) in [6.07, 6.45) is 1.25. The summed E-state index contributed by atoms with van der Waals surface area (Å²) in [5, 5.41) is 0. The summed E-state index contributed by atoms with van der Waals surface area (Å²) in [5.41, 5.74) is 5.24. The molecule has 0 bridgehead atoms. The van der Waals surface area contributed by atoms with Gasteiger partial charge in [0.25, 0.3) is 0 Å². The molecule has 0 aromatic carbocycles. The lowest BCUT2D eigenvalue weighted by molar-refractivity contribution is 0.926. The van der Waals surface area contributed by atoms with E-state index in [-0.39, 0.29) is 0 Å². The predicted molar refractivity (Wildman–Crippen MR) is 32.9 cm³/mol. The van der Waals surface area contributed by atoms with E-state index in [4.69, 9.17) is 5.73 Å². The van der Waals surface area contributed by atoms with Gasteiger partial charge in [-0.2, -0.15) is 0 Å². The lowest BCUT2D eigenvalue weighted by atomic mass is 10.5. The predicted octanol–water partition coefficient (Wildman–Crippen LogP) is -0.0296. The molecule has 38 valence electrons. The Morgan fingerprint density at radius 1 is 1.67 bits per heavy atom. The molecule has 0 amide bonds. The topological polar surface area (TPSA) is 26.0 Å². The molecule has 0 saturated heterocycles. The minimum Gasteiger partial charge on any atom is -0.330 e. The Kier molecular flexibility index (Phi) is 5.33. The van der Waals surface area contributed by atoms with Gasteiger partial charge in [-0.15, -0.1) is 0 Å². The highest BCUT2D eigenvalue weighted by molar-refractivity contribution is 6.33. The summed E-state index contributed by atoms with van der Waals surface area (Å²) in [4.78, 5) is 0. The monoisotopic (exact) mass is 103 g/mol. The van der Waals surface area contributed by atoms with E-state index in [1.807, 2.05) is 0 Å². The molecule has 0 rings (SSSR count). The molecule has 1 nitrogen and oxygen atoms in total. The summed E-state index contributed by atoms with van der Waals surface area (Å²) in [6, 6.07) is 1.43. The molecule has 0 aromatic rings. The third kappa shape index (κ3) is 4.18. The average Bonchev–Trinajstić information content (AvgIpc) is 1.61. The van der Waals surface area contributed by atoms with Crippen LogP contribution in [-0.2, 0) is 0 Å². The third-order valence-corrected chi connectivity index (χ3v) is 2.01. The number of hydrogen-bond acceptors (Lipinski definition) is 1. The first-order valence-electron chi connectivity index (χ1n) is 2.62. The average molecular weight is 103 g/mol. The Balaban J connectivity index is 2.34. The summed E-state index contributed by atoms with van der Waals surface area (Å²) in [5.74, 6) is 0. The van der Waals surface area contributed by atoms with Crippen molar-refractivity contribution in [3.63, 3.8) is 0 Å². The molecule has 0 spiro atoms. The standard InChI is InChI=1S/C4H13NSi/c1-6-4-2-3-5/h2-6H2,1H3. The van der Waals surface area contributed by atoms with Crippen LogP contribution < -0.4 is 5.73 Å². The van der Waals surface area contributed by atoms with Crippen molar-refractivity contribution in [3.8, 4) is 0 Å². The van der Waals surface area contributed by atoms with Crippen molar-refractivity contribution in [2.75, 3.05) is 6.54 Å². The molecule has 2 N–H and O–H groups in total. The highest BCUT2D eigenvalue weighted by Crippen LogP contribution is 1.81. The quantitative estimate of drug-likeness (QED) is 0.394. The second-order valence-corrected chi connectivity index (χ2v) is 3.20. The molecule has 0 radical (unpaired) electrons. The fourth-order valence-corrected chi connectivity index (χ4v) is 1.18. The molecule has 0 fully saturated rings. The fourth-order valence-electron chi connectivity index (χ4n) is 0.394. The second kappa shape index (κ2) is 5.18. The molecule has 0 atom stereocenters. The van der Waals surface area contributed by atoms with Gasteiger partial charge in [0.05, 0.1) is 0 Å². The zero-order valence-electron chi connectivity index (χ0n) is 4.41. The Bertz CT molecular complexity index is 19.5. The van der Waals surface area contributed by atoms with E-state index in [2.05, 4.69) is 6.55 Å². The van der Waals surface area contributed by atoms with Gasteiger partial charge in [0.1, 0.15) is 0 Å². The van der Waals surface area contributed by atoms with Crippen LogP contribution in [0.1, 0.15) is 6.42 Å². The van der Waals surface area contributed by atoms with E-state index in [1.54, 1.807) is 0 Å². The summed E-state index contributed by atoms with van der Waals surface area (Å²) in [7, 11) is 0.323. The van der Waals surface area contributed by atoms with Gasteiger partial charge >= 0.3 is 0 Å². The third-order valence-electron chi connectivity index (χ3n) is 0.808. The largest absolute Gasteiger partial charge is 0.330 e. The van der Waals surface area contributed by atoms with E-state index < -0.39 is 0 Å². The van der Waals surface area contributed by atoms with Gasteiger partial charge in [-0.1, -0.05) is 12.6 Å². The lowest BCUT2D eigenvalue weighted by Gasteiger charge is -1.85. The molecule has 0 aliphatic carbocycles. The minimum absolute atomic E-state index is 0.323. The van der Waals surface area contributed by atoms with Gasteiger partial charge in [0.2, 0.25) is 0 Å². The van der Waals surface area contributed by atoms with Crippen LogP contribution in [-0.4, -0.2) is 16.1 Å². The van der Waals surface area contributed by atoms with E-state index >= 15 is 0 Å². The second-order valence-electron chi connectivity index (χ2n) is 1.50. The summed E-state index contributed by atoms with van der Waals surface area (Å²) in [6.45, 7) is 3.20. The van der Waals surface area contributed by atoms with Crippen LogP contribution in [0.2, 0.25) is 12.6 Å².